The van der Waals surface area contributed by atoms with Crippen LogP contribution >= 0.6 is 0 Å². The van der Waals surface area contributed by atoms with Gasteiger partial charge in [-0.3, -0.25) is 0 Å². The first-order valence-corrected chi connectivity index (χ1v) is 9.39. The summed E-state index contributed by atoms with van der Waals surface area (Å²) >= 11 is 0. The Labute approximate surface area is 144 Å². The molecule has 1 aliphatic rings. The van der Waals surface area contributed by atoms with Crippen molar-refractivity contribution in [1.29, 1.82) is 0 Å². The van der Waals surface area contributed by atoms with Crippen LogP contribution in [0.4, 0.5) is 0 Å². The molecule has 1 saturated carbocycles. The van der Waals surface area contributed by atoms with E-state index >= 15 is 0 Å². The predicted molar refractivity (Wildman–Crippen MR) is 100 cm³/mol. The second kappa shape index (κ2) is 13.2. The van der Waals surface area contributed by atoms with E-state index in [1.165, 1.54) is 38.5 Å². The molecule has 0 unspecified atom stereocenters. The Hall–Kier alpha value is -1.22. The Kier molecular flexibility index (Phi) is 11.4. The second-order valence-corrected chi connectivity index (χ2v) is 6.26. The molecule has 0 atom stereocenters. The van der Waals surface area contributed by atoms with Crippen LogP contribution in [0.15, 0.2) is 24.3 Å². The zero-order chi connectivity index (χ0) is 16.8. The molecule has 0 aliphatic heterocycles. The number of hydrogen-bond donors (Lipinski definition) is 1. The van der Waals surface area contributed by atoms with E-state index in [0.717, 1.165) is 43.9 Å². The van der Waals surface area contributed by atoms with E-state index in [9.17, 15) is 0 Å². The SMILES string of the molecule is CCC.NCCCCCOc1cccc(OC2CCCCC2)c1.[HH]. The van der Waals surface area contributed by atoms with Gasteiger partial charge in [0.1, 0.15) is 11.5 Å². The number of rotatable bonds is 8. The highest BCUT2D eigenvalue weighted by Crippen LogP contribution is 2.26. The van der Waals surface area contributed by atoms with Crippen molar-refractivity contribution in [2.24, 2.45) is 5.73 Å². The van der Waals surface area contributed by atoms with Gasteiger partial charge in [0.25, 0.3) is 0 Å². The normalized spacial score (nSPS) is 14.7. The van der Waals surface area contributed by atoms with Crippen molar-refractivity contribution in [1.82, 2.24) is 0 Å². The number of hydrogen-bond acceptors (Lipinski definition) is 3. The molecule has 1 aliphatic carbocycles. The summed E-state index contributed by atoms with van der Waals surface area (Å²) in [5.74, 6) is 1.85. The molecular weight excluding hydrogens is 286 g/mol. The molecule has 134 valence electrons. The summed E-state index contributed by atoms with van der Waals surface area (Å²) in [6.45, 7) is 5.78. The summed E-state index contributed by atoms with van der Waals surface area (Å²) in [7, 11) is 0. The van der Waals surface area contributed by atoms with E-state index < -0.39 is 0 Å². The largest absolute Gasteiger partial charge is 0.493 e. The van der Waals surface area contributed by atoms with Crippen LogP contribution in [-0.4, -0.2) is 19.3 Å². The minimum atomic E-state index is 0. The fourth-order valence-corrected chi connectivity index (χ4v) is 2.63. The second-order valence-electron chi connectivity index (χ2n) is 6.26. The lowest BCUT2D eigenvalue weighted by atomic mass is 9.98. The maximum atomic E-state index is 6.04. The minimum Gasteiger partial charge on any atom is -0.493 e. The summed E-state index contributed by atoms with van der Waals surface area (Å²) in [6, 6.07) is 8.04. The molecule has 1 aromatic carbocycles. The molecule has 0 spiro atoms. The molecule has 0 aromatic heterocycles. The Bertz CT molecular complexity index is 395. The highest BCUT2D eigenvalue weighted by molar-refractivity contribution is 5.33. The molecule has 3 heteroatoms. The van der Waals surface area contributed by atoms with Crippen molar-refractivity contribution in [2.45, 2.75) is 77.7 Å². The fourth-order valence-electron chi connectivity index (χ4n) is 2.63. The summed E-state index contributed by atoms with van der Waals surface area (Å²) in [5.41, 5.74) is 5.47. The average molecular weight is 324 g/mol. The van der Waals surface area contributed by atoms with Gasteiger partial charge in [-0.1, -0.05) is 32.8 Å². The lowest BCUT2D eigenvalue weighted by Gasteiger charge is -2.23. The zero-order valence-electron chi connectivity index (χ0n) is 15.1. The number of ether oxygens (including phenoxy) is 2. The van der Waals surface area contributed by atoms with Crippen molar-refractivity contribution in [3.63, 3.8) is 0 Å². The minimum absolute atomic E-state index is 0. The smallest absolute Gasteiger partial charge is 0.123 e. The molecule has 2 rings (SSSR count). The average Bonchev–Trinajstić information content (AvgIpc) is 2.57. The maximum Gasteiger partial charge on any atom is 0.123 e. The van der Waals surface area contributed by atoms with Crippen molar-refractivity contribution < 1.29 is 10.9 Å². The van der Waals surface area contributed by atoms with Gasteiger partial charge in [-0.2, -0.15) is 0 Å². The van der Waals surface area contributed by atoms with Gasteiger partial charge in [0.05, 0.1) is 12.7 Å². The lowest BCUT2D eigenvalue weighted by Crippen LogP contribution is -2.19. The number of unbranched alkanes of at least 4 members (excludes halogenated alkanes) is 2. The first-order chi connectivity index (χ1) is 11.3. The molecule has 0 radical (unpaired) electrons. The first kappa shape index (κ1) is 19.8. The van der Waals surface area contributed by atoms with Gasteiger partial charge in [-0.15, -0.1) is 0 Å². The van der Waals surface area contributed by atoms with E-state index in [1.54, 1.807) is 0 Å². The van der Waals surface area contributed by atoms with Crippen molar-refractivity contribution in [2.75, 3.05) is 13.2 Å². The molecule has 0 saturated heterocycles. The molecule has 0 bridgehead atoms. The Morgan fingerprint density at radius 1 is 1.04 bits per heavy atom. The molecular formula is C20H37NO2. The summed E-state index contributed by atoms with van der Waals surface area (Å²) < 4.78 is 11.8. The van der Waals surface area contributed by atoms with Gasteiger partial charge in [-0.25, -0.2) is 0 Å². The molecule has 0 heterocycles. The number of benzene rings is 1. The van der Waals surface area contributed by atoms with Gasteiger partial charge in [0.15, 0.2) is 0 Å². The van der Waals surface area contributed by atoms with Gasteiger partial charge in [0.2, 0.25) is 0 Å². The van der Waals surface area contributed by atoms with Crippen LogP contribution in [0.2, 0.25) is 0 Å². The molecule has 3 nitrogen and oxygen atoms in total. The third-order valence-corrected chi connectivity index (χ3v) is 3.78. The molecule has 0 amide bonds. The topological polar surface area (TPSA) is 44.5 Å². The van der Waals surface area contributed by atoms with Crippen LogP contribution in [0, 0.1) is 0 Å². The van der Waals surface area contributed by atoms with Crippen molar-refractivity contribution in [3.8, 4) is 11.5 Å². The zero-order valence-corrected chi connectivity index (χ0v) is 15.1. The van der Waals surface area contributed by atoms with Gasteiger partial charge < -0.3 is 15.2 Å². The van der Waals surface area contributed by atoms with Crippen LogP contribution in [0.5, 0.6) is 11.5 Å². The van der Waals surface area contributed by atoms with Crippen LogP contribution in [0.1, 0.15) is 73.1 Å². The van der Waals surface area contributed by atoms with Crippen molar-refractivity contribution in [3.05, 3.63) is 24.3 Å². The molecule has 1 fully saturated rings. The summed E-state index contributed by atoms with van der Waals surface area (Å²) in [6.07, 6.45) is 11.2. The van der Waals surface area contributed by atoms with Crippen LogP contribution < -0.4 is 15.2 Å². The van der Waals surface area contributed by atoms with Crippen molar-refractivity contribution >= 4 is 0 Å². The van der Waals surface area contributed by atoms with E-state index in [0.29, 0.717) is 6.10 Å². The van der Waals surface area contributed by atoms with E-state index in [-0.39, 0.29) is 1.43 Å². The van der Waals surface area contributed by atoms with Crippen LogP contribution in [-0.2, 0) is 0 Å². The van der Waals surface area contributed by atoms with E-state index in [1.807, 2.05) is 24.3 Å². The molecule has 2 N–H and O–H groups in total. The third-order valence-electron chi connectivity index (χ3n) is 3.78. The monoisotopic (exact) mass is 323 g/mol. The predicted octanol–water partition coefficient (Wildman–Crippen LogP) is 5.57. The fraction of sp³-hybridized carbons (Fsp3) is 0.700. The highest BCUT2D eigenvalue weighted by Gasteiger charge is 2.14. The summed E-state index contributed by atoms with van der Waals surface area (Å²) in [4.78, 5) is 0. The third kappa shape index (κ3) is 9.50. The quantitative estimate of drug-likeness (QED) is 0.636. The van der Waals surface area contributed by atoms with Crippen LogP contribution in [0.3, 0.4) is 0 Å². The van der Waals surface area contributed by atoms with Gasteiger partial charge >= 0.3 is 0 Å². The van der Waals surface area contributed by atoms with Gasteiger partial charge in [-0.05, 0) is 63.6 Å². The molecule has 1 aromatic rings. The van der Waals surface area contributed by atoms with Gasteiger partial charge in [0, 0.05) is 7.49 Å². The first-order valence-electron chi connectivity index (χ1n) is 9.39. The summed E-state index contributed by atoms with van der Waals surface area (Å²) in [5, 5.41) is 0. The van der Waals surface area contributed by atoms with Crippen LogP contribution in [0.25, 0.3) is 0 Å². The standard InChI is InChI=1S/C17H27NO2.C3H8.H2/c18-12-5-2-6-13-19-16-10-7-11-17(14-16)20-15-8-3-1-4-9-15;1-3-2;/h7,10-11,14-15H,1-6,8-9,12-13,18H2;3H2,1-2H3;1H. The van der Waals surface area contributed by atoms with E-state index in [2.05, 4.69) is 13.8 Å². The maximum absolute atomic E-state index is 6.04. The molecule has 23 heavy (non-hydrogen) atoms. The van der Waals surface area contributed by atoms with E-state index in [4.69, 9.17) is 15.2 Å². The Morgan fingerprint density at radius 3 is 2.43 bits per heavy atom. The lowest BCUT2D eigenvalue weighted by molar-refractivity contribution is 0.154. The Balaban J connectivity index is 0.00000123. The highest BCUT2D eigenvalue weighted by atomic mass is 16.5. The number of nitrogens with two attached hydrogens (primary N) is 1. The Morgan fingerprint density at radius 2 is 1.74 bits per heavy atom.